The Balaban J connectivity index is 1.89. The van der Waals surface area contributed by atoms with Gasteiger partial charge in [-0.3, -0.25) is 14.5 Å². The molecule has 0 spiro atoms. The summed E-state index contributed by atoms with van der Waals surface area (Å²) in [5.41, 5.74) is -0.325. The molecular formula is C19H11F2NO3S2. The second-order valence-electron chi connectivity index (χ2n) is 5.76. The quantitative estimate of drug-likeness (QED) is 0.633. The minimum absolute atomic E-state index is 0.117. The summed E-state index contributed by atoms with van der Waals surface area (Å²) in [6, 6.07) is 8.50. The number of amides is 1. The van der Waals surface area contributed by atoms with Gasteiger partial charge in [0, 0.05) is 10.9 Å². The Hall–Kier alpha value is -2.84. The number of halogens is 2. The standard InChI is InChI=1S/C19H11F2NO3S2/c20-10-5-6-12(11(21)9-10)22-16(13-3-1-7-26-13)15(18(24)19(22)25)17(23)14-4-2-8-27-14/h1-9,16,24H. The van der Waals surface area contributed by atoms with Crippen molar-refractivity contribution in [3.8, 4) is 0 Å². The van der Waals surface area contributed by atoms with Crippen molar-refractivity contribution in [2.24, 2.45) is 0 Å². The molecule has 0 aliphatic carbocycles. The van der Waals surface area contributed by atoms with Gasteiger partial charge in [0.2, 0.25) is 5.78 Å². The van der Waals surface area contributed by atoms with Gasteiger partial charge in [0.25, 0.3) is 5.91 Å². The lowest BCUT2D eigenvalue weighted by molar-refractivity contribution is -0.117. The van der Waals surface area contributed by atoms with Crippen molar-refractivity contribution in [3.05, 3.63) is 85.9 Å². The van der Waals surface area contributed by atoms with Crippen LogP contribution < -0.4 is 4.90 Å². The number of hydrogen-bond acceptors (Lipinski definition) is 5. The highest BCUT2D eigenvalue weighted by Gasteiger charge is 2.46. The number of ketones is 1. The van der Waals surface area contributed by atoms with Crippen LogP contribution in [0.5, 0.6) is 0 Å². The molecule has 1 aliphatic rings. The molecule has 1 aliphatic heterocycles. The van der Waals surface area contributed by atoms with Crippen LogP contribution in [-0.4, -0.2) is 16.8 Å². The van der Waals surface area contributed by atoms with Gasteiger partial charge in [-0.2, -0.15) is 0 Å². The van der Waals surface area contributed by atoms with Gasteiger partial charge in [-0.25, -0.2) is 8.78 Å². The lowest BCUT2D eigenvalue weighted by Gasteiger charge is -2.26. The van der Waals surface area contributed by atoms with Crippen LogP contribution in [0.3, 0.4) is 0 Å². The molecule has 2 aromatic heterocycles. The number of aliphatic hydroxyl groups is 1. The molecular weight excluding hydrogens is 392 g/mol. The van der Waals surface area contributed by atoms with Gasteiger partial charge in [-0.15, -0.1) is 22.7 Å². The van der Waals surface area contributed by atoms with E-state index in [2.05, 4.69) is 0 Å². The normalized spacial score (nSPS) is 17.0. The Morgan fingerprint density at radius 2 is 1.81 bits per heavy atom. The maximum absolute atomic E-state index is 14.4. The highest BCUT2D eigenvalue weighted by Crippen LogP contribution is 2.44. The summed E-state index contributed by atoms with van der Waals surface area (Å²) in [4.78, 5) is 27.6. The lowest BCUT2D eigenvalue weighted by atomic mass is 10.0. The Labute approximate surface area is 160 Å². The minimum Gasteiger partial charge on any atom is -0.503 e. The lowest BCUT2D eigenvalue weighted by Crippen LogP contribution is -2.31. The largest absolute Gasteiger partial charge is 0.503 e. The van der Waals surface area contributed by atoms with E-state index < -0.39 is 35.1 Å². The smallest absolute Gasteiger partial charge is 0.294 e. The SMILES string of the molecule is O=C(C1=C(O)C(=O)N(c2ccc(F)cc2F)C1c1cccs1)c1cccs1. The Bertz CT molecular complexity index is 1060. The first-order valence-electron chi connectivity index (χ1n) is 7.82. The van der Waals surface area contributed by atoms with Gasteiger partial charge in [0.05, 0.1) is 16.1 Å². The second kappa shape index (κ2) is 6.71. The van der Waals surface area contributed by atoms with Crippen LogP contribution >= 0.6 is 22.7 Å². The van der Waals surface area contributed by atoms with Crippen molar-refractivity contribution < 1.29 is 23.5 Å². The summed E-state index contributed by atoms with van der Waals surface area (Å²) < 4.78 is 27.7. The third kappa shape index (κ3) is 2.87. The predicted molar refractivity (Wildman–Crippen MR) is 99.2 cm³/mol. The van der Waals surface area contributed by atoms with E-state index in [9.17, 15) is 23.5 Å². The third-order valence-electron chi connectivity index (χ3n) is 4.18. The molecule has 4 nitrogen and oxygen atoms in total. The van der Waals surface area contributed by atoms with E-state index in [1.165, 1.54) is 22.7 Å². The molecule has 136 valence electrons. The van der Waals surface area contributed by atoms with E-state index in [1.54, 1.807) is 35.0 Å². The zero-order chi connectivity index (χ0) is 19.1. The Morgan fingerprint density at radius 3 is 2.44 bits per heavy atom. The van der Waals surface area contributed by atoms with Crippen LogP contribution in [0.4, 0.5) is 14.5 Å². The number of hydrogen-bond donors (Lipinski definition) is 1. The monoisotopic (exact) mass is 403 g/mol. The molecule has 8 heteroatoms. The fraction of sp³-hybridized carbons (Fsp3) is 0.0526. The number of thiophene rings is 2. The van der Waals surface area contributed by atoms with E-state index in [-0.39, 0.29) is 11.3 Å². The van der Waals surface area contributed by atoms with E-state index in [4.69, 9.17) is 0 Å². The maximum atomic E-state index is 14.4. The van der Waals surface area contributed by atoms with Gasteiger partial charge in [-0.1, -0.05) is 12.1 Å². The molecule has 3 heterocycles. The number of carbonyl (C=O) groups is 2. The van der Waals surface area contributed by atoms with Crippen molar-refractivity contribution in [3.63, 3.8) is 0 Å². The molecule has 1 atom stereocenters. The first-order valence-corrected chi connectivity index (χ1v) is 9.58. The first-order chi connectivity index (χ1) is 13.0. The molecule has 1 amide bonds. The maximum Gasteiger partial charge on any atom is 0.294 e. The van der Waals surface area contributed by atoms with Gasteiger partial charge in [-0.05, 0) is 35.0 Å². The second-order valence-corrected chi connectivity index (χ2v) is 7.68. The van der Waals surface area contributed by atoms with Crippen molar-refractivity contribution in [2.45, 2.75) is 6.04 Å². The van der Waals surface area contributed by atoms with Gasteiger partial charge < -0.3 is 5.11 Å². The average molecular weight is 403 g/mol. The number of benzene rings is 1. The first kappa shape index (κ1) is 17.6. The fourth-order valence-corrected chi connectivity index (χ4v) is 4.52. The average Bonchev–Trinajstić information content (AvgIpc) is 3.38. The zero-order valence-electron chi connectivity index (χ0n) is 13.6. The van der Waals surface area contributed by atoms with Gasteiger partial charge >= 0.3 is 0 Å². The highest BCUT2D eigenvalue weighted by atomic mass is 32.1. The molecule has 27 heavy (non-hydrogen) atoms. The summed E-state index contributed by atoms with van der Waals surface area (Å²) >= 11 is 2.44. The van der Waals surface area contributed by atoms with E-state index in [0.717, 1.165) is 17.0 Å². The number of aliphatic hydroxyl groups excluding tert-OH is 1. The highest BCUT2D eigenvalue weighted by molar-refractivity contribution is 7.12. The number of anilines is 1. The molecule has 0 saturated heterocycles. The van der Waals surface area contributed by atoms with Crippen LogP contribution in [0.25, 0.3) is 0 Å². The fourth-order valence-electron chi connectivity index (χ4n) is 3.02. The van der Waals surface area contributed by atoms with Crippen LogP contribution in [0.15, 0.2) is 64.6 Å². The number of carbonyl (C=O) groups excluding carboxylic acids is 2. The van der Waals surface area contributed by atoms with Crippen LogP contribution in [0.1, 0.15) is 20.6 Å². The number of Topliss-reactive ketones (excluding diaryl/α,β-unsaturated/α-hetero) is 1. The Morgan fingerprint density at radius 1 is 1.07 bits per heavy atom. The van der Waals surface area contributed by atoms with Crippen molar-refractivity contribution in [1.29, 1.82) is 0 Å². The molecule has 0 radical (unpaired) electrons. The van der Waals surface area contributed by atoms with Crippen molar-refractivity contribution in [2.75, 3.05) is 4.90 Å². The van der Waals surface area contributed by atoms with Crippen LogP contribution in [0.2, 0.25) is 0 Å². The zero-order valence-corrected chi connectivity index (χ0v) is 15.2. The van der Waals surface area contributed by atoms with Crippen molar-refractivity contribution >= 4 is 40.1 Å². The Kier molecular flexibility index (Phi) is 4.37. The summed E-state index contributed by atoms with van der Waals surface area (Å²) in [7, 11) is 0. The molecule has 0 bridgehead atoms. The third-order valence-corrected chi connectivity index (χ3v) is 5.97. The molecule has 0 fully saturated rings. The molecule has 1 unspecified atom stereocenters. The van der Waals surface area contributed by atoms with Gasteiger partial charge in [0.1, 0.15) is 17.7 Å². The van der Waals surface area contributed by atoms with E-state index >= 15 is 0 Å². The molecule has 4 rings (SSSR count). The molecule has 1 N–H and O–H groups in total. The van der Waals surface area contributed by atoms with Crippen molar-refractivity contribution in [1.82, 2.24) is 0 Å². The predicted octanol–water partition coefficient (Wildman–Crippen LogP) is 4.87. The van der Waals surface area contributed by atoms with Crippen LogP contribution in [-0.2, 0) is 4.79 Å². The molecule has 1 aromatic carbocycles. The number of nitrogens with zero attached hydrogens (tertiary/aromatic N) is 1. The van der Waals surface area contributed by atoms with E-state index in [1.807, 2.05) is 0 Å². The topological polar surface area (TPSA) is 57.6 Å². The summed E-state index contributed by atoms with van der Waals surface area (Å²) in [6.07, 6.45) is 0. The summed E-state index contributed by atoms with van der Waals surface area (Å²) in [5, 5.41) is 13.9. The van der Waals surface area contributed by atoms with Gasteiger partial charge in [0.15, 0.2) is 5.76 Å². The molecule has 0 saturated carbocycles. The minimum atomic E-state index is -0.993. The summed E-state index contributed by atoms with van der Waals surface area (Å²) in [6.45, 7) is 0. The number of rotatable bonds is 4. The molecule has 3 aromatic rings. The van der Waals surface area contributed by atoms with Crippen LogP contribution in [0, 0.1) is 11.6 Å². The summed E-state index contributed by atoms with van der Waals surface area (Å²) in [5.74, 6) is -3.88. The van der Waals surface area contributed by atoms with E-state index in [0.29, 0.717) is 15.8 Å².